The molecule has 2 aliphatic carbocycles. The Hall–Kier alpha value is -0.890. The van der Waals surface area contributed by atoms with Gasteiger partial charge >= 0.3 is 0 Å². The zero-order valence-corrected chi connectivity index (χ0v) is 10.6. The molecule has 0 aliphatic heterocycles. The Balaban J connectivity index is 2.26. The van der Waals surface area contributed by atoms with Gasteiger partial charge in [-0.15, -0.1) is 0 Å². The highest BCUT2D eigenvalue weighted by Gasteiger charge is 2.48. The fraction of sp³-hybridized carbons (Fsp3) is 0.667. The van der Waals surface area contributed by atoms with Gasteiger partial charge in [-0.05, 0) is 43.1 Å². The normalized spacial score (nSPS) is 41.8. The third kappa shape index (κ3) is 1.99. The first-order valence-electron chi connectivity index (χ1n) is 6.49. The number of carbonyl (C=O) groups is 1. The van der Waals surface area contributed by atoms with Crippen LogP contribution in [0.4, 0.5) is 0 Å². The van der Waals surface area contributed by atoms with Gasteiger partial charge in [0.25, 0.3) is 0 Å². The smallest absolute Gasteiger partial charge is 0.145 e. The maximum atomic E-state index is 10.8. The quantitative estimate of drug-likeness (QED) is 0.453. The fourth-order valence-electron chi connectivity index (χ4n) is 3.84. The van der Waals surface area contributed by atoms with Gasteiger partial charge in [-0.3, -0.25) is 4.79 Å². The van der Waals surface area contributed by atoms with Crippen LogP contribution in [0.1, 0.15) is 39.0 Å². The summed E-state index contributed by atoms with van der Waals surface area (Å²) in [5.41, 5.74) is 1.88. The molecule has 0 aromatic heterocycles. The molecule has 0 amide bonds. The van der Waals surface area contributed by atoms with Crippen LogP contribution in [0.2, 0.25) is 0 Å². The molecule has 17 heavy (non-hydrogen) atoms. The van der Waals surface area contributed by atoms with Crippen LogP contribution in [0.15, 0.2) is 24.3 Å². The van der Waals surface area contributed by atoms with Crippen molar-refractivity contribution in [3.63, 3.8) is 0 Å². The molecule has 2 saturated carbocycles. The van der Waals surface area contributed by atoms with E-state index in [9.17, 15) is 9.90 Å². The van der Waals surface area contributed by atoms with E-state index in [2.05, 4.69) is 20.1 Å². The molecule has 2 aliphatic rings. The summed E-state index contributed by atoms with van der Waals surface area (Å²) in [6.07, 6.45) is 5.61. The molecule has 0 spiro atoms. The van der Waals surface area contributed by atoms with Crippen LogP contribution in [0.5, 0.6) is 0 Å². The highest BCUT2D eigenvalue weighted by atomic mass is 16.3. The predicted octanol–water partition coefficient (Wildman–Crippen LogP) is 2.88. The van der Waals surface area contributed by atoms with Gasteiger partial charge < -0.3 is 5.11 Å². The van der Waals surface area contributed by atoms with E-state index in [0.717, 1.165) is 37.5 Å². The summed E-state index contributed by atoms with van der Waals surface area (Å²) in [6.45, 7) is 10.2. The molecule has 2 rings (SSSR count). The van der Waals surface area contributed by atoms with E-state index in [1.165, 1.54) is 6.42 Å². The molecule has 2 heteroatoms. The number of hydrogen-bond donors (Lipinski definition) is 1. The molecule has 94 valence electrons. The zero-order chi connectivity index (χ0) is 12.6. The maximum absolute atomic E-state index is 10.8. The Kier molecular flexibility index (Phi) is 3.26. The largest absolute Gasteiger partial charge is 0.392 e. The van der Waals surface area contributed by atoms with Crippen molar-refractivity contribution >= 4 is 6.29 Å². The number of aliphatic hydroxyl groups excluding tert-OH is 1. The van der Waals surface area contributed by atoms with Crippen LogP contribution < -0.4 is 0 Å². The SMILES string of the molecule is C=C(C=O)C1CCC2(C)CCCC(=C)C2C1O. The lowest BCUT2D eigenvalue weighted by Gasteiger charge is -2.51. The summed E-state index contributed by atoms with van der Waals surface area (Å²) in [5.74, 6) is 0.0760. The first-order valence-corrected chi connectivity index (χ1v) is 6.49. The third-order valence-electron chi connectivity index (χ3n) is 4.84. The minimum atomic E-state index is -0.473. The minimum Gasteiger partial charge on any atom is -0.392 e. The lowest BCUT2D eigenvalue weighted by Crippen LogP contribution is -2.48. The van der Waals surface area contributed by atoms with Crippen molar-refractivity contribution in [1.29, 1.82) is 0 Å². The van der Waals surface area contributed by atoms with E-state index >= 15 is 0 Å². The Labute approximate surface area is 103 Å². The summed E-state index contributed by atoms with van der Waals surface area (Å²) >= 11 is 0. The summed E-state index contributed by atoms with van der Waals surface area (Å²) < 4.78 is 0. The molecule has 0 saturated heterocycles. The summed E-state index contributed by atoms with van der Waals surface area (Å²) in [5, 5.41) is 10.5. The van der Waals surface area contributed by atoms with E-state index in [-0.39, 0.29) is 17.3 Å². The first kappa shape index (κ1) is 12.6. The van der Waals surface area contributed by atoms with E-state index in [1.54, 1.807) is 0 Å². The van der Waals surface area contributed by atoms with Gasteiger partial charge in [0.05, 0.1) is 6.10 Å². The lowest BCUT2D eigenvalue weighted by molar-refractivity contribution is -0.107. The predicted molar refractivity (Wildman–Crippen MR) is 68.5 cm³/mol. The summed E-state index contributed by atoms with van der Waals surface area (Å²) in [6, 6.07) is 0. The van der Waals surface area contributed by atoms with E-state index < -0.39 is 6.10 Å². The lowest BCUT2D eigenvalue weighted by atomic mass is 9.55. The van der Waals surface area contributed by atoms with Gasteiger partial charge in [-0.1, -0.05) is 25.7 Å². The van der Waals surface area contributed by atoms with E-state index in [0.29, 0.717) is 5.57 Å². The molecule has 0 aromatic rings. The first-order chi connectivity index (χ1) is 7.99. The maximum Gasteiger partial charge on any atom is 0.145 e. The minimum absolute atomic E-state index is 0.0691. The van der Waals surface area contributed by atoms with Gasteiger partial charge in [-0.25, -0.2) is 0 Å². The molecule has 4 unspecified atom stereocenters. The molecule has 4 atom stereocenters. The van der Waals surface area contributed by atoms with Gasteiger partial charge in [0.15, 0.2) is 0 Å². The van der Waals surface area contributed by atoms with Crippen LogP contribution in [0.25, 0.3) is 0 Å². The van der Waals surface area contributed by atoms with Crippen LogP contribution in [0.3, 0.4) is 0 Å². The molecule has 1 N–H and O–H groups in total. The molecular weight excluding hydrogens is 212 g/mol. The standard InChI is InChI=1S/C15H22O2/c1-10-5-4-7-15(3)8-6-12(11(2)9-16)14(17)13(10)15/h9,12-14,17H,1-2,4-8H2,3H3. The van der Waals surface area contributed by atoms with Crippen molar-refractivity contribution in [2.75, 3.05) is 0 Å². The van der Waals surface area contributed by atoms with Crippen molar-refractivity contribution < 1.29 is 9.90 Å². The topological polar surface area (TPSA) is 37.3 Å². The highest BCUT2D eigenvalue weighted by molar-refractivity contribution is 5.73. The number of aliphatic hydroxyl groups is 1. The van der Waals surface area contributed by atoms with Gasteiger partial charge in [0, 0.05) is 11.8 Å². The van der Waals surface area contributed by atoms with Gasteiger partial charge in [0.2, 0.25) is 0 Å². The van der Waals surface area contributed by atoms with Crippen LogP contribution >= 0.6 is 0 Å². The zero-order valence-electron chi connectivity index (χ0n) is 10.6. The number of fused-ring (bicyclic) bond motifs is 1. The monoisotopic (exact) mass is 234 g/mol. The molecule has 0 aromatic carbocycles. The Morgan fingerprint density at radius 2 is 2.24 bits per heavy atom. The third-order valence-corrected chi connectivity index (χ3v) is 4.84. The van der Waals surface area contributed by atoms with Crippen LogP contribution in [0, 0.1) is 17.3 Å². The Morgan fingerprint density at radius 1 is 1.53 bits per heavy atom. The second-order valence-corrected chi connectivity index (χ2v) is 5.97. The number of aldehydes is 1. The summed E-state index contributed by atoms with van der Waals surface area (Å²) in [4.78, 5) is 10.8. The van der Waals surface area contributed by atoms with E-state index in [1.807, 2.05) is 0 Å². The average Bonchev–Trinajstić information content (AvgIpc) is 2.28. The Bertz CT molecular complexity index is 358. The van der Waals surface area contributed by atoms with Crippen molar-refractivity contribution in [2.45, 2.75) is 45.1 Å². The highest BCUT2D eigenvalue weighted by Crippen LogP contribution is 2.54. The van der Waals surface area contributed by atoms with Crippen molar-refractivity contribution in [1.82, 2.24) is 0 Å². The number of rotatable bonds is 2. The molecule has 2 nitrogen and oxygen atoms in total. The number of carbonyl (C=O) groups excluding carboxylic acids is 1. The van der Waals surface area contributed by atoms with Crippen molar-refractivity contribution in [3.8, 4) is 0 Å². The molecule has 0 heterocycles. The van der Waals surface area contributed by atoms with Gasteiger partial charge in [0.1, 0.15) is 6.29 Å². The molecule has 0 radical (unpaired) electrons. The van der Waals surface area contributed by atoms with Gasteiger partial charge in [-0.2, -0.15) is 0 Å². The van der Waals surface area contributed by atoms with Crippen molar-refractivity contribution in [2.24, 2.45) is 17.3 Å². The fourth-order valence-corrected chi connectivity index (χ4v) is 3.84. The molecular formula is C15H22O2. The second-order valence-electron chi connectivity index (χ2n) is 5.97. The second kappa shape index (κ2) is 4.41. The van der Waals surface area contributed by atoms with Crippen LogP contribution in [-0.4, -0.2) is 17.5 Å². The Morgan fingerprint density at radius 3 is 2.88 bits per heavy atom. The van der Waals surface area contributed by atoms with E-state index in [4.69, 9.17) is 0 Å². The molecule has 2 fully saturated rings. The average molecular weight is 234 g/mol. The number of hydrogen-bond acceptors (Lipinski definition) is 2. The molecule has 0 bridgehead atoms. The van der Waals surface area contributed by atoms with Crippen LogP contribution in [-0.2, 0) is 4.79 Å². The summed E-state index contributed by atoms with van der Waals surface area (Å²) in [7, 11) is 0. The van der Waals surface area contributed by atoms with Crippen molar-refractivity contribution in [3.05, 3.63) is 24.3 Å².